The standard InChI is InChI=1S/C15H20FN3O/c1-10-7-12(19(3)18-10)9-14(17-2)11-5-6-13(16)15(8-11)20-4/h5-8,14,17H,9H2,1-4H3. The van der Waals surface area contributed by atoms with Crippen molar-refractivity contribution >= 4 is 0 Å². The minimum atomic E-state index is -0.345. The van der Waals surface area contributed by atoms with Crippen molar-refractivity contribution in [3.05, 3.63) is 47.0 Å². The van der Waals surface area contributed by atoms with Crippen LogP contribution in [0.2, 0.25) is 0 Å². The minimum absolute atomic E-state index is 0.0827. The summed E-state index contributed by atoms with van der Waals surface area (Å²) in [7, 11) is 5.30. The number of methoxy groups -OCH3 is 1. The summed E-state index contributed by atoms with van der Waals surface area (Å²) in [4.78, 5) is 0. The van der Waals surface area contributed by atoms with Crippen molar-refractivity contribution < 1.29 is 9.13 Å². The fourth-order valence-electron chi connectivity index (χ4n) is 2.34. The van der Waals surface area contributed by atoms with Crippen LogP contribution in [0, 0.1) is 12.7 Å². The highest BCUT2D eigenvalue weighted by Crippen LogP contribution is 2.24. The number of nitrogens with zero attached hydrogens (tertiary/aromatic N) is 2. The predicted molar refractivity (Wildman–Crippen MR) is 76.4 cm³/mol. The molecule has 5 heteroatoms. The molecule has 20 heavy (non-hydrogen) atoms. The molecule has 0 aliphatic carbocycles. The molecular formula is C15H20FN3O. The summed E-state index contributed by atoms with van der Waals surface area (Å²) in [5.41, 5.74) is 3.11. The van der Waals surface area contributed by atoms with Crippen LogP contribution in [-0.4, -0.2) is 23.9 Å². The van der Waals surface area contributed by atoms with E-state index < -0.39 is 0 Å². The number of nitrogens with one attached hydrogen (secondary N) is 1. The highest BCUT2D eigenvalue weighted by atomic mass is 19.1. The highest BCUT2D eigenvalue weighted by Gasteiger charge is 2.15. The van der Waals surface area contributed by atoms with Crippen molar-refractivity contribution in [2.45, 2.75) is 19.4 Å². The summed E-state index contributed by atoms with van der Waals surface area (Å²) in [6, 6.07) is 7.10. The molecule has 1 unspecified atom stereocenters. The molecule has 0 aliphatic rings. The largest absolute Gasteiger partial charge is 0.494 e. The lowest BCUT2D eigenvalue weighted by Gasteiger charge is -2.17. The smallest absolute Gasteiger partial charge is 0.165 e. The Morgan fingerprint density at radius 1 is 1.40 bits per heavy atom. The van der Waals surface area contributed by atoms with Gasteiger partial charge >= 0.3 is 0 Å². The maximum absolute atomic E-state index is 13.5. The fourth-order valence-corrected chi connectivity index (χ4v) is 2.34. The van der Waals surface area contributed by atoms with Crippen LogP contribution in [0.3, 0.4) is 0 Å². The second-order valence-electron chi connectivity index (χ2n) is 4.84. The van der Waals surface area contributed by atoms with E-state index in [4.69, 9.17) is 4.74 Å². The molecule has 0 saturated carbocycles. The Kier molecular flexibility index (Phi) is 4.39. The second kappa shape index (κ2) is 6.05. The Morgan fingerprint density at radius 3 is 2.70 bits per heavy atom. The first kappa shape index (κ1) is 14.5. The SMILES string of the molecule is CNC(Cc1cc(C)nn1C)c1ccc(F)c(OC)c1. The lowest BCUT2D eigenvalue weighted by molar-refractivity contribution is 0.385. The molecule has 2 aromatic rings. The number of aromatic nitrogens is 2. The zero-order valence-corrected chi connectivity index (χ0v) is 12.3. The van der Waals surface area contributed by atoms with Crippen molar-refractivity contribution in [2.75, 3.05) is 14.2 Å². The van der Waals surface area contributed by atoms with E-state index in [-0.39, 0.29) is 17.6 Å². The van der Waals surface area contributed by atoms with E-state index in [2.05, 4.69) is 16.5 Å². The van der Waals surface area contributed by atoms with Crippen LogP contribution >= 0.6 is 0 Å². The van der Waals surface area contributed by atoms with Crippen LogP contribution in [0.4, 0.5) is 4.39 Å². The first-order valence-corrected chi connectivity index (χ1v) is 6.55. The first-order chi connectivity index (χ1) is 9.55. The van der Waals surface area contributed by atoms with E-state index in [0.29, 0.717) is 0 Å². The summed E-state index contributed by atoms with van der Waals surface area (Å²) in [5.74, 6) is -0.0774. The van der Waals surface area contributed by atoms with Gasteiger partial charge in [-0.3, -0.25) is 4.68 Å². The van der Waals surface area contributed by atoms with Crippen LogP contribution in [0.1, 0.15) is 23.0 Å². The van der Waals surface area contributed by atoms with Crippen molar-refractivity contribution in [3.63, 3.8) is 0 Å². The highest BCUT2D eigenvalue weighted by molar-refractivity contribution is 5.33. The lowest BCUT2D eigenvalue weighted by atomic mass is 10.0. The normalized spacial score (nSPS) is 12.4. The third-order valence-corrected chi connectivity index (χ3v) is 3.44. The van der Waals surface area contributed by atoms with Gasteiger partial charge in [-0.2, -0.15) is 5.10 Å². The third-order valence-electron chi connectivity index (χ3n) is 3.44. The van der Waals surface area contributed by atoms with Crippen molar-refractivity contribution in [3.8, 4) is 5.75 Å². The molecule has 4 nitrogen and oxygen atoms in total. The van der Waals surface area contributed by atoms with Gasteiger partial charge < -0.3 is 10.1 Å². The van der Waals surface area contributed by atoms with Gasteiger partial charge in [0.1, 0.15) is 0 Å². The second-order valence-corrected chi connectivity index (χ2v) is 4.84. The number of likely N-dealkylation sites (N-methyl/N-ethyl adjacent to an activating group) is 1. The van der Waals surface area contributed by atoms with Gasteiger partial charge in [0.2, 0.25) is 0 Å². The summed E-state index contributed by atoms with van der Waals surface area (Å²) in [6.45, 7) is 1.97. The van der Waals surface area contributed by atoms with Gasteiger partial charge in [-0.1, -0.05) is 6.07 Å². The van der Waals surface area contributed by atoms with Crippen LogP contribution in [0.25, 0.3) is 0 Å². The van der Waals surface area contributed by atoms with Crippen molar-refractivity contribution in [2.24, 2.45) is 7.05 Å². The Bertz CT molecular complexity index is 595. The Hall–Kier alpha value is -1.88. The van der Waals surface area contributed by atoms with E-state index >= 15 is 0 Å². The van der Waals surface area contributed by atoms with Gasteiger partial charge in [0, 0.05) is 25.2 Å². The van der Waals surface area contributed by atoms with Gasteiger partial charge in [0.15, 0.2) is 11.6 Å². The number of rotatable bonds is 5. The van der Waals surface area contributed by atoms with Crippen LogP contribution in [-0.2, 0) is 13.5 Å². The molecule has 0 aliphatic heterocycles. The maximum Gasteiger partial charge on any atom is 0.165 e. The molecule has 0 fully saturated rings. The predicted octanol–water partition coefficient (Wildman–Crippen LogP) is 2.38. The Balaban J connectivity index is 2.26. The van der Waals surface area contributed by atoms with Gasteiger partial charge in [-0.25, -0.2) is 4.39 Å². The van der Waals surface area contributed by atoms with Gasteiger partial charge in [-0.15, -0.1) is 0 Å². The Labute approximate surface area is 118 Å². The number of hydrogen-bond donors (Lipinski definition) is 1. The molecule has 108 valence electrons. The Morgan fingerprint density at radius 2 is 2.15 bits per heavy atom. The summed E-state index contributed by atoms with van der Waals surface area (Å²) in [5, 5.41) is 7.60. The summed E-state index contributed by atoms with van der Waals surface area (Å²) >= 11 is 0. The van der Waals surface area contributed by atoms with Crippen LogP contribution < -0.4 is 10.1 Å². The molecule has 1 N–H and O–H groups in total. The number of ether oxygens (including phenoxy) is 1. The molecule has 1 aromatic heterocycles. The van der Waals surface area contributed by atoms with Gasteiger partial charge in [0.05, 0.1) is 12.8 Å². The zero-order valence-electron chi connectivity index (χ0n) is 12.3. The van der Waals surface area contributed by atoms with E-state index in [1.807, 2.05) is 25.7 Å². The van der Waals surface area contributed by atoms with Crippen molar-refractivity contribution in [1.82, 2.24) is 15.1 Å². The topological polar surface area (TPSA) is 39.1 Å². The quantitative estimate of drug-likeness (QED) is 0.912. The number of halogens is 1. The molecule has 0 bridgehead atoms. The van der Waals surface area contributed by atoms with Crippen LogP contribution in [0.5, 0.6) is 5.75 Å². The number of aryl methyl sites for hydroxylation is 2. The molecule has 0 amide bonds. The summed E-state index contributed by atoms with van der Waals surface area (Å²) in [6.07, 6.45) is 0.780. The van der Waals surface area contributed by atoms with Gasteiger partial charge in [0.25, 0.3) is 0 Å². The van der Waals surface area contributed by atoms with E-state index in [9.17, 15) is 4.39 Å². The molecule has 2 rings (SSSR count). The monoisotopic (exact) mass is 277 g/mol. The van der Waals surface area contributed by atoms with Crippen LogP contribution in [0.15, 0.2) is 24.3 Å². The molecule has 0 radical (unpaired) electrons. The third kappa shape index (κ3) is 2.99. The number of benzene rings is 1. The molecule has 1 aromatic carbocycles. The molecule has 0 saturated heterocycles. The molecule has 0 spiro atoms. The maximum atomic E-state index is 13.5. The fraction of sp³-hybridized carbons (Fsp3) is 0.400. The molecule has 1 heterocycles. The van der Waals surface area contributed by atoms with E-state index in [1.165, 1.54) is 13.2 Å². The van der Waals surface area contributed by atoms with Gasteiger partial charge in [-0.05, 0) is 37.7 Å². The lowest BCUT2D eigenvalue weighted by Crippen LogP contribution is -2.20. The van der Waals surface area contributed by atoms with E-state index in [0.717, 1.165) is 23.4 Å². The minimum Gasteiger partial charge on any atom is -0.494 e. The average Bonchev–Trinajstić information content (AvgIpc) is 2.75. The number of hydrogen-bond acceptors (Lipinski definition) is 3. The molecule has 1 atom stereocenters. The first-order valence-electron chi connectivity index (χ1n) is 6.55. The van der Waals surface area contributed by atoms with E-state index in [1.54, 1.807) is 12.1 Å². The summed E-state index contributed by atoms with van der Waals surface area (Å²) < 4.78 is 20.4. The molecular weight excluding hydrogens is 257 g/mol. The average molecular weight is 277 g/mol. The van der Waals surface area contributed by atoms with Crippen molar-refractivity contribution in [1.29, 1.82) is 0 Å². The zero-order chi connectivity index (χ0) is 14.7.